The number of rotatable bonds is 7. The highest BCUT2D eigenvalue weighted by molar-refractivity contribution is 6.29. The summed E-state index contributed by atoms with van der Waals surface area (Å²) in [5.74, 6) is 0. The van der Waals surface area contributed by atoms with Crippen molar-refractivity contribution in [3.63, 3.8) is 0 Å². The predicted molar refractivity (Wildman–Crippen MR) is 86.2 cm³/mol. The summed E-state index contributed by atoms with van der Waals surface area (Å²) in [4.78, 5) is 4.13. The molecule has 0 radical (unpaired) electrons. The molecule has 0 fully saturated rings. The molecule has 0 amide bonds. The van der Waals surface area contributed by atoms with Crippen LogP contribution in [0.4, 0.5) is 5.69 Å². The SMILES string of the molecule is CCCCCC(Nc1ccc(Cl)nc1)c1ccccc1. The first-order valence-electron chi connectivity index (χ1n) is 7.22. The molecule has 2 nitrogen and oxygen atoms in total. The lowest BCUT2D eigenvalue weighted by Gasteiger charge is -2.20. The fourth-order valence-electron chi connectivity index (χ4n) is 2.27. The molecule has 0 spiro atoms. The highest BCUT2D eigenvalue weighted by Crippen LogP contribution is 2.25. The molecular formula is C17H21ClN2. The molecule has 1 N–H and O–H groups in total. The lowest BCUT2D eigenvalue weighted by atomic mass is 10.0. The topological polar surface area (TPSA) is 24.9 Å². The number of benzene rings is 1. The molecule has 2 rings (SSSR count). The number of anilines is 1. The number of nitrogens with one attached hydrogen (secondary N) is 1. The van der Waals surface area contributed by atoms with E-state index in [-0.39, 0.29) is 0 Å². The molecule has 1 atom stereocenters. The Morgan fingerprint density at radius 2 is 1.90 bits per heavy atom. The fourth-order valence-corrected chi connectivity index (χ4v) is 2.38. The summed E-state index contributed by atoms with van der Waals surface area (Å²) in [6.45, 7) is 2.23. The van der Waals surface area contributed by atoms with Gasteiger partial charge in [-0.1, -0.05) is 68.1 Å². The first kappa shape index (κ1) is 14.9. The van der Waals surface area contributed by atoms with E-state index in [1.54, 1.807) is 6.20 Å². The molecule has 1 unspecified atom stereocenters. The summed E-state index contributed by atoms with van der Waals surface area (Å²) in [5.41, 5.74) is 2.33. The zero-order chi connectivity index (χ0) is 14.2. The van der Waals surface area contributed by atoms with Crippen molar-refractivity contribution in [1.29, 1.82) is 0 Å². The average Bonchev–Trinajstić information content (AvgIpc) is 2.49. The Bertz CT molecular complexity index is 496. The Balaban J connectivity index is 2.07. The van der Waals surface area contributed by atoms with Crippen molar-refractivity contribution in [2.24, 2.45) is 0 Å². The first-order valence-corrected chi connectivity index (χ1v) is 7.60. The van der Waals surface area contributed by atoms with Gasteiger partial charge in [0.2, 0.25) is 0 Å². The van der Waals surface area contributed by atoms with Crippen LogP contribution in [0.5, 0.6) is 0 Å². The van der Waals surface area contributed by atoms with Gasteiger partial charge in [-0.2, -0.15) is 0 Å². The van der Waals surface area contributed by atoms with Crippen molar-refractivity contribution < 1.29 is 0 Å². The van der Waals surface area contributed by atoms with Crippen molar-refractivity contribution in [2.45, 2.75) is 38.6 Å². The van der Waals surface area contributed by atoms with Gasteiger partial charge >= 0.3 is 0 Å². The van der Waals surface area contributed by atoms with Crippen LogP contribution >= 0.6 is 11.6 Å². The molecule has 0 saturated carbocycles. The minimum atomic E-state index is 0.325. The standard InChI is InChI=1S/C17H21ClN2/c1-2-3-5-10-16(14-8-6-4-7-9-14)20-15-11-12-17(18)19-13-15/h4,6-9,11-13,16,20H,2-3,5,10H2,1H3. The summed E-state index contributed by atoms with van der Waals surface area (Å²) < 4.78 is 0. The van der Waals surface area contributed by atoms with Gasteiger partial charge < -0.3 is 5.32 Å². The molecule has 0 saturated heterocycles. The monoisotopic (exact) mass is 288 g/mol. The van der Waals surface area contributed by atoms with Gasteiger partial charge in [-0.3, -0.25) is 0 Å². The molecule has 0 bridgehead atoms. The molecule has 0 aliphatic heterocycles. The smallest absolute Gasteiger partial charge is 0.129 e. The Hall–Kier alpha value is -1.54. The molecule has 1 aromatic carbocycles. The highest BCUT2D eigenvalue weighted by Gasteiger charge is 2.10. The minimum absolute atomic E-state index is 0.325. The van der Waals surface area contributed by atoms with Crippen LogP contribution in [0.1, 0.15) is 44.2 Å². The molecule has 20 heavy (non-hydrogen) atoms. The molecular weight excluding hydrogens is 268 g/mol. The van der Waals surface area contributed by atoms with E-state index >= 15 is 0 Å². The second-order valence-electron chi connectivity index (χ2n) is 4.97. The number of hydrogen-bond acceptors (Lipinski definition) is 2. The van der Waals surface area contributed by atoms with Crippen molar-refractivity contribution in [3.8, 4) is 0 Å². The first-order chi connectivity index (χ1) is 9.79. The number of hydrogen-bond donors (Lipinski definition) is 1. The van der Waals surface area contributed by atoms with Crippen molar-refractivity contribution >= 4 is 17.3 Å². The third-order valence-electron chi connectivity index (χ3n) is 3.37. The van der Waals surface area contributed by atoms with E-state index in [9.17, 15) is 0 Å². The fraction of sp³-hybridized carbons (Fsp3) is 0.353. The van der Waals surface area contributed by atoms with E-state index in [4.69, 9.17) is 11.6 Å². The third-order valence-corrected chi connectivity index (χ3v) is 3.59. The van der Waals surface area contributed by atoms with E-state index < -0.39 is 0 Å². The van der Waals surface area contributed by atoms with E-state index in [0.29, 0.717) is 11.2 Å². The number of pyridine rings is 1. The Morgan fingerprint density at radius 1 is 1.10 bits per heavy atom. The van der Waals surface area contributed by atoms with Gasteiger partial charge in [0.25, 0.3) is 0 Å². The maximum absolute atomic E-state index is 5.83. The van der Waals surface area contributed by atoms with Crippen LogP contribution in [0.2, 0.25) is 5.15 Å². The summed E-state index contributed by atoms with van der Waals surface area (Å²) in [6.07, 6.45) is 6.65. The van der Waals surface area contributed by atoms with Gasteiger partial charge in [-0.25, -0.2) is 4.98 Å². The quantitative estimate of drug-likeness (QED) is 0.540. The van der Waals surface area contributed by atoms with Gasteiger partial charge in [0, 0.05) is 0 Å². The van der Waals surface area contributed by atoms with Crippen LogP contribution in [0.25, 0.3) is 0 Å². The molecule has 106 valence electrons. The van der Waals surface area contributed by atoms with E-state index in [0.717, 1.165) is 12.1 Å². The van der Waals surface area contributed by atoms with Crippen LogP contribution in [0.3, 0.4) is 0 Å². The molecule has 3 heteroatoms. The average molecular weight is 289 g/mol. The molecule has 2 aromatic rings. The van der Waals surface area contributed by atoms with E-state index in [2.05, 4.69) is 47.6 Å². The molecule has 1 heterocycles. The zero-order valence-corrected chi connectivity index (χ0v) is 12.6. The maximum Gasteiger partial charge on any atom is 0.129 e. The van der Waals surface area contributed by atoms with Crippen molar-refractivity contribution in [2.75, 3.05) is 5.32 Å². The number of unbranched alkanes of at least 4 members (excludes halogenated alkanes) is 2. The van der Waals surface area contributed by atoms with Crippen LogP contribution in [-0.4, -0.2) is 4.98 Å². The Kier molecular flexibility index (Phi) is 5.87. The zero-order valence-electron chi connectivity index (χ0n) is 11.8. The lowest BCUT2D eigenvalue weighted by molar-refractivity contribution is 0.606. The molecule has 0 aliphatic carbocycles. The number of aromatic nitrogens is 1. The summed E-state index contributed by atoms with van der Waals surface area (Å²) >= 11 is 5.83. The third kappa shape index (κ3) is 4.53. The second-order valence-corrected chi connectivity index (χ2v) is 5.36. The van der Waals surface area contributed by atoms with Gasteiger partial charge in [0.1, 0.15) is 5.15 Å². The van der Waals surface area contributed by atoms with Gasteiger partial charge in [-0.05, 0) is 24.1 Å². The minimum Gasteiger partial charge on any atom is -0.377 e. The molecule has 1 aromatic heterocycles. The predicted octanol–water partition coefficient (Wildman–Crippen LogP) is 5.47. The van der Waals surface area contributed by atoms with Crippen LogP contribution < -0.4 is 5.32 Å². The van der Waals surface area contributed by atoms with Gasteiger partial charge in [0.15, 0.2) is 0 Å². The van der Waals surface area contributed by atoms with E-state index in [1.807, 2.05) is 12.1 Å². The lowest BCUT2D eigenvalue weighted by Crippen LogP contribution is -2.11. The maximum atomic E-state index is 5.83. The van der Waals surface area contributed by atoms with Crippen LogP contribution in [0, 0.1) is 0 Å². The van der Waals surface area contributed by atoms with Crippen LogP contribution in [0.15, 0.2) is 48.7 Å². The second kappa shape index (κ2) is 7.91. The van der Waals surface area contributed by atoms with Crippen molar-refractivity contribution in [1.82, 2.24) is 4.98 Å². The van der Waals surface area contributed by atoms with Crippen LogP contribution in [-0.2, 0) is 0 Å². The summed E-state index contributed by atoms with van der Waals surface area (Å²) in [6, 6.07) is 14.7. The Labute approximate surface area is 126 Å². The summed E-state index contributed by atoms with van der Waals surface area (Å²) in [5, 5.41) is 4.09. The van der Waals surface area contributed by atoms with Gasteiger partial charge in [-0.15, -0.1) is 0 Å². The number of nitrogens with zero attached hydrogens (tertiary/aromatic N) is 1. The van der Waals surface area contributed by atoms with Gasteiger partial charge in [0.05, 0.1) is 17.9 Å². The Morgan fingerprint density at radius 3 is 2.55 bits per heavy atom. The normalized spacial score (nSPS) is 12.1. The summed E-state index contributed by atoms with van der Waals surface area (Å²) in [7, 11) is 0. The molecule has 0 aliphatic rings. The number of halogens is 1. The highest BCUT2D eigenvalue weighted by atomic mass is 35.5. The largest absolute Gasteiger partial charge is 0.377 e. The van der Waals surface area contributed by atoms with Crippen molar-refractivity contribution in [3.05, 3.63) is 59.4 Å². The van der Waals surface area contributed by atoms with E-state index in [1.165, 1.54) is 24.8 Å².